The Morgan fingerprint density at radius 1 is 0.943 bits per heavy atom. The maximum atomic E-state index is 13.9. The molecule has 8 heteroatoms. The van der Waals surface area contributed by atoms with Crippen molar-refractivity contribution < 1.29 is 18.4 Å². The van der Waals surface area contributed by atoms with Gasteiger partial charge in [0.25, 0.3) is 0 Å². The summed E-state index contributed by atoms with van der Waals surface area (Å²) < 4.78 is 19.5. The summed E-state index contributed by atoms with van der Waals surface area (Å²) in [6.45, 7) is 2.26. The lowest BCUT2D eigenvalue weighted by Gasteiger charge is -2.10. The Kier molecular flexibility index (Phi) is 7.52. The molecule has 3 N–H and O–H groups in total. The van der Waals surface area contributed by atoms with Crippen LogP contribution in [0.3, 0.4) is 0 Å². The Bertz CT molecular complexity index is 1340. The largest absolute Gasteiger partial charge is 0.441 e. The van der Waals surface area contributed by atoms with Crippen LogP contribution in [0.4, 0.5) is 20.6 Å². The number of nitrogens with one attached hydrogen (secondary N) is 3. The van der Waals surface area contributed by atoms with Crippen molar-refractivity contribution in [2.45, 2.75) is 26.3 Å². The van der Waals surface area contributed by atoms with Gasteiger partial charge in [0.2, 0.25) is 5.91 Å². The first kappa shape index (κ1) is 23.7. The number of urea groups is 1. The van der Waals surface area contributed by atoms with Crippen LogP contribution < -0.4 is 16.0 Å². The molecule has 1 aromatic heterocycles. The molecular formula is C27H25FN4O3. The number of carbonyl (C=O) groups is 2. The smallest absolute Gasteiger partial charge is 0.323 e. The molecule has 0 saturated carbocycles. The van der Waals surface area contributed by atoms with Crippen molar-refractivity contribution in [3.63, 3.8) is 0 Å². The summed E-state index contributed by atoms with van der Waals surface area (Å²) >= 11 is 0. The van der Waals surface area contributed by atoms with Gasteiger partial charge < -0.3 is 20.4 Å². The Morgan fingerprint density at radius 2 is 1.69 bits per heavy atom. The highest BCUT2D eigenvalue weighted by molar-refractivity contribution is 5.99. The lowest BCUT2D eigenvalue weighted by atomic mass is 10.2. The molecule has 178 valence electrons. The number of benzene rings is 3. The molecule has 4 aromatic rings. The zero-order valence-corrected chi connectivity index (χ0v) is 19.2. The van der Waals surface area contributed by atoms with Crippen molar-refractivity contribution in [1.82, 2.24) is 10.3 Å². The zero-order valence-electron chi connectivity index (χ0n) is 19.2. The normalized spacial score (nSPS) is 10.6. The standard InChI is InChI=1S/C27H25FN4O3/c1-18-6-4-8-20(14-18)31-27(34)32-21-9-5-7-19(15-21)16-29-25(33)12-13-26-30-17-24(35-26)22-10-2-3-11-23(22)28/h2-11,14-15,17H,12-13,16H2,1H3,(H,29,33)(H2,31,32,34). The van der Waals surface area contributed by atoms with Gasteiger partial charge >= 0.3 is 6.03 Å². The highest BCUT2D eigenvalue weighted by atomic mass is 19.1. The number of rotatable bonds is 8. The van der Waals surface area contributed by atoms with Crippen LogP contribution in [0.5, 0.6) is 0 Å². The molecule has 4 rings (SSSR count). The number of halogens is 1. The van der Waals surface area contributed by atoms with E-state index in [1.54, 1.807) is 36.4 Å². The molecule has 35 heavy (non-hydrogen) atoms. The van der Waals surface area contributed by atoms with Gasteiger partial charge in [-0.05, 0) is 54.4 Å². The molecular weight excluding hydrogens is 447 g/mol. The average Bonchev–Trinajstić information content (AvgIpc) is 3.31. The lowest BCUT2D eigenvalue weighted by Crippen LogP contribution is -2.23. The first-order chi connectivity index (χ1) is 17.0. The highest BCUT2D eigenvalue weighted by Gasteiger charge is 2.12. The van der Waals surface area contributed by atoms with E-state index in [1.165, 1.54) is 12.3 Å². The Hall–Kier alpha value is -4.46. The third-order valence-electron chi connectivity index (χ3n) is 5.21. The predicted octanol–water partition coefficient (Wildman–Crippen LogP) is 5.68. The highest BCUT2D eigenvalue weighted by Crippen LogP contribution is 2.23. The number of oxazole rings is 1. The Balaban J connectivity index is 1.24. The van der Waals surface area contributed by atoms with Crippen LogP contribution in [0.15, 0.2) is 83.4 Å². The molecule has 0 unspecified atom stereocenters. The van der Waals surface area contributed by atoms with Crippen LogP contribution in [0.25, 0.3) is 11.3 Å². The van der Waals surface area contributed by atoms with E-state index < -0.39 is 5.82 Å². The molecule has 0 spiro atoms. The summed E-state index contributed by atoms with van der Waals surface area (Å²) in [5.74, 6) is 0.127. The number of hydrogen-bond acceptors (Lipinski definition) is 4. The van der Waals surface area contributed by atoms with Gasteiger partial charge in [0.1, 0.15) is 5.82 Å². The number of carbonyl (C=O) groups excluding carboxylic acids is 2. The molecule has 0 aliphatic rings. The number of nitrogens with zero attached hydrogens (tertiary/aromatic N) is 1. The number of hydrogen-bond donors (Lipinski definition) is 3. The van der Waals surface area contributed by atoms with Crippen molar-refractivity contribution in [3.8, 4) is 11.3 Å². The van der Waals surface area contributed by atoms with E-state index >= 15 is 0 Å². The third kappa shape index (κ3) is 6.77. The van der Waals surface area contributed by atoms with Crippen LogP contribution in [0, 0.1) is 12.7 Å². The number of anilines is 2. The average molecular weight is 473 g/mol. The molecule has 3 aromatic carbocycles. The van der Waals surface area contributed by atoms with Gasteiger partial charge in [0, 0.05) is 30.8 Å². The minimum atomic E-state index is -0.391. The molecule has 7 nitrogen and oxygen atoms in total. The van der Waals surface area contributed by atoms with Crippen LogP contribution in [0.1, 0.15) is 23.4 Å². The van der Waals surface area contributed by atoms with Crippen molar-refractivity contribution >= 4 is 23.3 Å². The summed E-state index contributed by atoms with van der Waals surface area (Å²) in [5.41, 5.74) is 3.54. The van der Waals surface area contributed by atoms with E-state index in [9.17, 15) is 14.0 Å². The molecule has 1 heterocycles. The van der Waals surface area contributed by atoms with Crippen LogP contribution in [0.2, 0.25) is 0 Å². The second-order valence-electron chi connectivity index (χ2n) is 8.02. The summed E-state index contributed by atoms with van der Waals surface area (Å²) in [4.78, 5) is 28.7. The van der Waals surface area contributed by atoms with Crippen molar-refractivity contribution in [1.29, 1.82) is 0 Å². The zero-order chi connectivity index (χ0) is 24.6. The van der Waals surface area contributed by atoms with Gasteiger partial charge in [-0.2, -0.15) is 0 Å². The quantitative estimate of drug-likeness (QED) is 0.307. The van der Waals surface area contributed by atoms with E-state index in [-0.39, 0.29) is 18.4 Å². The summed E-state index contributed by atoms with van der Waals surface area (Å²) in [5, 5.41) is 8.43. The topological polar surface area (TPSA) is 96.3 Å². The summed E-state index contributed by atoms with van der Waals surface area (Å²) in [6.07, 6.45) is 1.92. The van der Waals surface area contributed by atoms with Crippen LogP contribution in [-0.4, -0.2) is 16.9 Å². The molecule has 0 radical (unpaired) electrons. The van der Waals surface area contributed by atoms with E-state index in [0.29, 0.717) is 41.6 Å². The number of aromatic nitrogens is 1. The molecule has 0 saturated heterocycles. The minimum Gasteiger partial charge on any atom is -0.441 e. The van der Waals surface area contributed by atoms with Gasteiger partial charge in [0.05, 0.1) is 11.8 Å². The maximum absolute atomic E-state index is 13.9. The van der Waals surface area contributed by atoms with E-state index in [4.69, 9.17) is 4.42 Å². The number of aryl methyl sites for hydroxylation is 2. The van der Waals surface area contributed by atoms with Crippen molar-refractivity contribution in [2.24, 2.45) is 0 Å². The summed E-state index contributed by atoms with van der Waals surface area (Å²) in [7, 11) is 0. The monoisotopic (exact) mass is 472 g/mol. The minimum absolute atomic E-state index is 0.175. The van der Waals surface area contributed by atoms with Gasteiger partial charge in [-0.25, -0.2) is 14.2 Å². The fraction of sp³-hybridized carbons (Fsp3) is 0.148. The van der Waals surface area contributed by atoms with Gasteiger partial charge in [0.15, 0.2) is 11.7 Å². The Labute approximate surface area is 202 Å². The van der Waals surface area contributed by atoms with Crippen LogP contribution in [-0.2, 0) is 17.8 Å². The van der Waals surface area contributed by atoms with Crippen molar-refractivity contribution in [3.05, 3.63) is 102 Å². The molecule has 0 atom stereocenters. The van der Waals surface area contributed by atoms with Crippen molar-refractivity contribution in [2.75, 3.05) is 10.6 Å². The van der Waals surface area contributed by atoms with Gasteiger partial charge in [-0.3, -0.25) is 4.79 Å². The molecule has 0 fully saturated rings. The fourth-order valence-electron chi connectivity index (χ4n) is 3.50. The van der Waals surface area contributed by atoms with Crippen LogP contribution >= 0.6 is 0 Å². The van der Waals surface area contributed by atoms with E-state index in [2.05, 4.69) is 20.9 Å². The SMILES string of the molecule is Cc1cccc(NC(=O)Nc2cccc(CNC(=O)CCc3ncc(-c4ccccc4F)o3)c2)c1. The molecule has 0 aliphatic carbocycles. The van der Waals surface area contributed by atoms with E-state index in [0.717, 1.165) is 11.1 Å². The summed E-state index contributed by atoms with van der Waals surface area (Å²) in [6, 6.07) is 20.7. The van der Waals surface area contributed by atoms with E-state index in [1.807, 2.05) is 37.3 Å². The molecule has 0 bridgehead atoms. The number of amides is 3. The lowest BCUT2D eigenvalue weighted by molar-refractivity contribution is -0.121. The second-order valence-corrected chi connectivity index (χ2v) is 8.02. The predicted molar refractivity (Wildman–Crippen MR) is 132 cm³/mol. The fourth-order valence-corrected chi connectivity index (χ4v) is 3.50. The van der Waals surface area contributed by atoms with Gasteiger partial charge in [-0.1, -0.05) is 36.4 Å². The van der Waals surface area contributed by atoms with Gasteiger partial charge in [-0.15, -0.1) is 0 Å². The maximum Gasteiger partial charge on any atom is 0.323 e. The first-order valence-electron chi connectivity index (χ1n) is 11.2. The Morgan fingerprint density at radius 3 is 2.46 bits per heavy atom. The molecule has 3 amide bonds. The first-order valence-corrected chi connectivity index (χ1v) is 11.2. The molecule has 0 aliphatic heterocycles. The third-order valence-corrected chi connectivity index (χ3v) is 5.21. The second kappa shape index (κ2) is 11.1.